The van der Waals surface area contributed by atoms with E-state index in [1.165, 1.54) is 7.11 Å². The van der Waals surface area contributed by atoms with Crippen molar-refractivity contribution in [3.63, 3.8) is 0 Å². The van der Waals surface area contributed by atoms with Gasteiger partial charge in [-0.25, -0.2) is 0 Å². The van der Waals surface area contributed by atoms with Gasteiger partial charge < -0.3 is 9.53 Å². The van der Waals surface area contributed by atoms with E-state index in [0.29, 0.717) is 0 Å². The van der Waals surface area contributed by atoms with Gasteiger partial charge in [0.05, 0.1) is 13.0 Å². The topological polar surface area (TPSA) is 43.4 Å². The first-order chi connectivity index (χ1) is 8.93. The van der Waals surface area contributed by atoms with Gasteiger partial charge in [0.15, 0.2) is 0 Å². The minimum atomic E-state index is -0.344. The number of esters is 1. The third-order valence-electron chi connectivity index (χ3n) is 6.57. The quantitative estimate of drug-likeness (QED) is 0.436. The second-order valence-corrected chi connectivity index (χ2v) is 6.97. The van der Waals surface area contributed by atoms with Gasteiger partial charge >= 0.3 is 5.97 Å². The van der Waals surface area contributed by atoms with E-state index in [1.54, 1.807) is 0 Å². The number of methoxy groups -OCH3 is 1. The molecular weight excluding hydrogens is 240 g/mol. The molecule has 0 N–H and O–H groups in total. The summed E-state index contributed by atoms with van der Waals surface area (Å²) < 4.78 is 4.99. The molecule has 0 aromatic heterocycles. The summed E-state index contributed by atoms with van der Waals surface area (Å²) in [5.41, 5.74) is -0.532. The van der Waals surface area contributed by atoms with Crippen molar-refractivity contribution in [2.24, 2.45) is 28.1 Å². The van der Waals surface area contributed by atoms with E-state index in [1.807, 2.05) is 0 Å². The van der Waals surface area contributed by atoms with Crippen LogP contribution in [0.5, 0.6) is 0 Å². The largest absolute Gasteiger partial charge is 0.469 e. The summed E-state index contributed by atoms with van der Waals surface area (Å²) in [6.45, 7) is 4.27. The number of hydrogen-bond acceptors (Lipinski definition) is 3. The standard InChI is InChI=1S/C16H22O3/c1-14-6-8-16(9-7-14)11(13(18)19-3)4-5-12(16)15(14,2)10-17/h6,8,10-12H,4-5,7,9H2,1-3H3. The smallest absolute Gasteiger partial charge is 0.309 e. The number of hydrogen-bond donors (Lipinski definition) is 0. The molecule has 104 valence electrons. The number of carbonyl (C=O) groups is 2. The summed E-state index contributed by atoms with van der Waals surface area (Å²) >= 11 is 0. The molecule has 0 saturated heterocycles. The van der Waals surface area contributed by atoms with Gasteiger partial charge in [-0.1, -0.05) is 26.0 Å². The Kier molecular flexibility index (Phi) is 2.52. The van der Waals surface area contributed by atoms with Gasteiger partial charge in [0.1, 0.15) is 6.29 Å². The van der Waals surface area contributed by atoms with Crippen molar-refractivity contribution in [3.05, 3.63) is 12.2 Å². The van der Waals surface area contributed by atoms with Crippen LogP contribution in [0.4, 0.5) is 0 Å². The molecule has 0 radical (unpaired) electrons. The van der Waals surface area contributed by atoms with Gasteiger partial charge in [-0.15, -0.1) is 0 Å². The van der Waals surface area contributed by atoms with Gasteiger partial charge in [-0.05, 0) is 37.0 Å². The fourth-order valence-corrected chi connectivity index (χ4v) is 5.08. The van der Waals surface area contributed by atoms with E-state index in [9.17, 15) is 9.59 Å². The summed E-state index contributed by atoms with van der Waals surface area (Å²) in [6.07, 6.45) is 9.38. The Morgan fingerprint density at radius 2 is 2.00 bits per heavy atom. The normalized spacial score (nSPS) is 50.9. The minimum absolute atomic E-state index is 0.0494. The number of carbonyl (C=O) groups excluding carboxylic acids is 2. The van der Waals surface area contributed by atoms with E-state index >= 15 is 0 Å². The van der Waals surface area contributed by atoms with Gasteiger partial charge in [0, 0.05) is 10.8 Å². The molecule has 19 heavy (non-hydrogen) atoms. The number of ether oxygens (including phenoxy) is 1. The van der Waals surface area contributed by atoms with Crippen LogP contribution in [0.2, 0.25) is 0 Å². The van der Waals surface area contributed by atoms with Crippen molar-refractivity contribution in [3.8, 4) is 0 Å². The molecule has 0 aromatic carbocycles. The van der Waals surface area contributed by atoms with Crippen molar-refractivity contribution < 1.29 is 14.3 Å². The lowest BCUT2D eigenvalue weighted by atomic mass is 9.42. The first-order valence-electron chi connectivity index (χ1n) is 7.18. The highest BCUT2D eigenvalue weighted by atomic mass is 16.5. The van der Waals surface area contributed by atoms with Crippen molar-refractivity contribution in [2.75, 3.05) is 7.11 Å². The van der Waals surface area contributed by atoms with Gasteiger partial charge in [0.25, 0.3) is 0 Å². The number of fused-ring (bicyclic) bond motifs is 1. The highest BCUT2D eigenvalue weighted by molar-refractivity contribution is 5.76. The molecule has 4 aliphatic carbocycles. The fraction of sp³-hybridized carbons (Fsp3) is 0.750. The Morgan fingerprint density at radius 1 is 1.26 bits per heavy atom. The molecule has 0 amide bonds. The zero-order chi connectivity index (χ0) is 13.9. The first kappa shape index (κ1) is 12.9. The average molecular weight is 262 g/mol. The second-order valence-electron chi connectivity index (χ2n) is 6.97. The first-order valence-corrected chi connectivity index (χ1v) is 7.18. The molecule has 3 nitrogen and oxygen atoms in total. The molecule has 4 rings (SSSR count). The Hall–Kier alpha value is -1.12. The SMILES string of the molecule is COC(=O)C1CCC2C13C=CC(C)(CC3)C2(C)C=O. The number of rotatable bonds is 2. The second kappa shape index (κ2) is 3.71. The van der Waals surface area contributed by atoms with E-state index in [-0.39, 0.29) is 34.1 Å². The van der Waals surface area contributed by atoms with Crippen LogP contribution in [-0.2, 0) is 14.3 Å². The highest BCUT2D eigenvalue weighted by Crippen LogP contribution is 2.70. The van der Waals surface area contributed by atoms with Crippen LogP contribution in [0.15, 0.2) is 12.2 Å². The summed E-state index contributed by atoms with van der Waals surface area (Å²) in [7, 11) is 1.46. The van der Waals surface area contributed by atoms with Crippen LogP contribution >= 0.6 is 0 Å². The van der Waals surface area contributed by atoms with Crippen molar-refractivity contribution in [1.82, 2.24) is 0 Å². The van der Waals surface area contributed by atoms with Gasteiger partial charge in [0.2, 0.25) is 0 Å². The van der Waals surface area contributed by atoms with Crippen molar-refractivity contribution in [2.45, 2.75) is 39.5 Å². The molecule has 2 fully saturated rings. The van der Waals surface area contributed by atoms with Crippen LogP contribution in [0.1, 0.15) is 39.5 Å². The van der Waals surface area contributed by atoms with Crippen LogP contribution in [-0.4, -0.2) is 19.4 Å². The van der Waals surface area contributed by atoms with Crippen molar-refractivity contribution >= 4 is 12.3 Å². The van der Waals surface area contributed by atoms with E-state index in [2.05, 4.69) is 26.0 Å². The minimum Gasteiger partial charge on any atom is -0.469 e. The third-order valence-corrected chi connectivity index (χ3v) is 6.57. The molecule has 0 heterocycles. The lowest BCUT2D eigenvalue weighted by molar-refractivity contribution is -0.157. The van der Waals surface area contributed by atoms with Gasteiger partial charge in [-0.3, -0.25) is 4.79 Å². The molecule has 2 bridgehead atoms. The molecule has 5 atom stereocenters. The van der Waals surface area contributed by atoms with Crippen LogP contribution in [0.3, 0.4) is 0 Å². The van der Waals surface area contributed by atoms with Crippen LogP contribution < -0.4 is 0 Å². The average Bonchev–Trinajstić information content (AvgIpc) is 2.81. The number of aldehydes is 1. The zero-order valence-electron chi connectivity index (χ0n) is 11.9. The molecule has 1 spiro atoms. The molecule has 2 saturated carbocycles. The molecule has 5 unspecified atom stereocenters. The predicted octanol–water partition coefficient (Wildman–Crippen LogP) is 2.75. The molecule has 4 aliphatic rings. The maximum absolute atomic E-state index is 12.1. The van der Waals surface area contributed by atoms with E-state index in [0.717, 1.165) is 32.0 Å². The molecular formula is C16H22O3. The number of allylic oxidation sites excluding steroid dienone is 2. The molecule has 0 aliphatic heterocycles. The van der Waals surface area contributed by atoms with E-state index < -0.39 is 0 Å². The maximum Gasteiger partial charge on any atom is 0.309 e. The van der Waals surface area contributed by atoms with Crippen LogP contribution in [0, 0.1) is 28.1 Å². The lowest BCUT2D eigenvalue weighted by Gasteiger charge is -2.60. The van der Waals surface area contributed by atoms with Crippen LogP contribution in [0.25, 0.3) is 0 Å². The monoisotopic (exact) mass is 262 g/mol. The highest BCUT2D eigenvalue weighted by Gasteiger charge is 2.67. The fourth-order valence-electron chi connectivity index (χ4n) is 5.08. The maximum atomic E-state index is 12.1. The Balaban J connectivity index is 2.12. The zero-order valence-corrected chi connectivity index (χ0v) is 11.9. The van der Waals surface area contributed by atoms with Gasteiger partial charge in [-0.2, -0.15) is 0 Å². The Labute approximate surface area is 114 Å². The summed E-state index contributed by atoms with van der Waals surface area (Å²) in [4.78, 5) is 23.9. The molecule has 3 heteroatoms. The third kappa shape index (κ3) is 1.29. The summed E-state index contributed by atoms with van der Waals surface area (Å²) in [5.74, 6) is 0.110. The summed E-state index contributed by atoms with van der Waals surface area (Å²) in [5, 5.41) is 0. The Bertz CT molecular complexity index is 469. The Morgan fingerprint density at radius 3 is 2.53 bits per heavy atom. The lowest BCUT2D eigenvalue weighted by Crippen LogP contribution is -2.57. The van der Waals surface area contributed by atoms with E-state index in [4.69, 9.17) is 4.74 Å². The molecule has 0 aromatic rings. The predicted molar refractivity (Wildman–Crippen MR) is 71.3 cm³/mol. The summed E-state index contributed by atoms with van der Waals surface area (Å²) in [6, 6.07) is 0. The van der Waals surface area contributed by atoms with Crippen molar-refractivity contribution in [1.29, 1.82) is 0 Å².